The van der Waals surface area contributed by atoms with Crippen LogP contribution in [0, 0.1) is 0 Å². The molecule has 7 heteroatoms. The molecule has 1 aromatic carbocycles. The van der Waals surface area contributed by atoms with Crippen molar-refractivity contribution in [2.24, 2.45) is 0 Å². The lowest BCUT2D eigenvalue weighted by Crippen LogP contribution is -2.22. The fourth-order valence-electron chi connectivity index (χ4n) is 2.45. The van der Waals surface area contributed by atoms with Gasteiger partial charge in [0, 0.05) is 17.6 Å². The Hall–Kier alpha value is -2.31. The molecule has 0 bridgehead atoms. The van der Waals surface area contributed by atoms with E-state index in [0.717, 1.165) is 12.1 Å². The van der Waals surface area contributed by atoms with Crippen molar-refractivity contribution in [3.8, 4) is 0 Å². The van der Waals surface area contributed by atoms with Crippen LogP contribution in [0.1, 0.15) is 49.2 Å². The van der Waals surface area contributed by atoms with Crippen molar-refractivity contribution in [3.05, 3.63) is 45.7 Å². The quantitative estimate of drug-likeness (QED) is 0.784. The molecule has 1 heterocycles. The van der Waals surface area contributed by atoms with Crippen molar-refractivity contribution < 1.29 is 22.7 Å². The van der Waals surface area contributed by atoms with Crippen LogP contribution in [0.2, 0.25) is 0 Å². The summed E-state index contributed by atoms with van der Waals surface area (Å²) in [6.45, 7) is 5.43. The van der Waals surface area contributed by atoms with Gasteiger partial charge < -0.3 is 9.30 Å². The highest BCUT2D eigenvalue weighted by atomic mass is 19.4. The maximum atomic E-state index is 13.0. The van der Waals surface area contributed by atoms with Gasteiger partial charge in [-0.25, -0.2) is 4.79 Å². The number of hydrogen-bond donors (Lipinski definition) is 0. The molecule has 1 aromatic heterocycles. The van der Waals surface area contributed by atoms with Crippen molar-refractivity contribution in [1.82, 2.24) is 4.57 Å². The van der Waals surface area contributed by atoms with Crippen LogP contribution in [0.15, 0.2) is 29.2 Å². The number of hydrogen-bond acceptors (Lipinski definition) is 3. The largest absolute Gasteiger partial charge is 0.462 e. The van der Waals surface area contributed by atoms with Gasteiger partial charge in [0.2, 0.25) is 5.43 Å². The highest BCUT2D eigenvalue weighted by molar-refractivity contribution is 5.94. The molecule has 0 aliphatic heterocycles. The predicted octanol–water partition coefficient (Wildman–Crippen LogP) is 4.17. The van der Waals surface area contributed by atoms with Gasteiger partial charge in [-0.05, 0) is 38.5 Å². The minimum atomic E-state index is -4.57. The van der Waals surface area contributed by atoms with Crippen molar-refractivity contribution in [2.75, 3.05) is 6.61 Å². The molecular weight excluding hydrogens is 323 g/mol. The fraction of sp³-hybridized carbons (Fsp3) is 0.412. The van der Waals surface area contributed by atoms with Crippen LogP contribution in [0.25, 0.3) is 10.9 Å². The number of pyridine rings is 1. The SMILES string of the molecule is CCOC(=O)c1cn([C@@H](C)CC)c2ccc(C(F)(F)F)cc2c1=O. The molecule has 1 atom stereocenters. The van der Waals surface area contributed by atoms with Gasteiger partial charge in [0.25, 0.3) is 0 Å². The summed E-state index contributed by atoms with van der Waals surface area (Å²) < 4.78 is 45.3. The molecular formula is C17H18F3NO3. The van der Waals surface area contributed by atoms with E-state index in [0.29, 0.717) is 11.9 Å². The molecule has 130 valence electrons. The highest BCUT2D eigenvalue weighted by Gasteiger charge is 2.31. The minimum Gasteiger partial charge on any atom is -0.462 e. The number of carbonyl (C=O) groups is 1. The third-order valence-corrected chi connectivity index (χ3v) is 3.92. The Morgan fingerprint density at radius 2 is 1.96 bits per heavy atom. The maximum Gasteiger partial charge on any atom is 0.416 e. The first kappa shape index (κ1) is 18.0. The summed E-state index contributed by atoms with van der Waals surface area (Å²) in [7, 11) is 0. The fourth-order valence-corrected chi connectivity index (χ4v) is 2.45. The van der Waals surface area contributed by atoms with Gasteiger partial charge in [-0.15, -0.1) is 0 Å². The van der Waals surface area contributed by atoms with E-state index < -0.39 is 23.1 Å². The lowest BCUT2D eigenvalue weighted by molar-refractivity contribution is -0.137. The standard InChI is InChI=1S/C17H18F3NO3/c1-4-10(3)21-9-13(16(23)24-5-2)15(22)12-8-11(17(18,19)20)6-7-14(12)21/h6-10H,4-5H2,1-3H3/t10-/m0/s1. The molecule has 0 aliphatic rings. The molecule has 0 saturated carbocycles. The molecule has 0 unspecified atom stereocenters. The van der Waals surface area contributed by atoms with Crippen LogP contribution in [-0.4, -0.2) is 17.1 Å². The van der Waals surface area contributed by atoms with Gasteiger partial charge in [-0.1, -0.05) is 6.92 Å². The first-order valence-electron chi connectivity index (χ1n) is 7.63. The summed E-state index contributed by atoms with van der Waals surface area (Å²) in [5.74, 6) is -0.834. The maximum absolute atomic E-state index is 13.0. The van der Waals surface area contributed by atoms with Gasteiger partial charge in [0.15, 0.2) is 0 Å². The van der Waals surface area contributed by atoms with Crippen molar-refractivity contribution in [1.29, 1.82) is 0 Å². The molecule has 24 heavy (non-hydrogen) atoms. The molecule has 0 amide bonds. The first-order chi connectivity index (χ1) is 11.2. The van der Waals surface area contributed by atoms with Crippen LogP contribution < -0.4 is 5.43 Å². The minimum absolute atomic E-state index is 0.0717. The van der Waals surface area contributed by atoms with Gasteiger partial charge in [0.1, 0.15) is 5.56 Å². The molecule has 2 aromatic rings. The third kappa shape index (κ3) is 3.29. The second-order valence-corrected chi connectivity index (χ2v) is 5.49. The Morgan fingerprint density at radius 1 is 1.29 bits per heavy atom. The Kier molecular flexibility index (Phi) is 5.01. The molecule has 0 aliphatic carbocycles. The zero-order valence-corrected chi connectivity index (χ0v) is 13.6. The molecule has 0 radical (unpaired) electrons. The third-order valence-electron chi connectivity index (χ3n) is 3.92. The molecule has 4 nitrogen and oxygen atoms in total. The Labute approximate surface area is 136 Å². The van der Waals surface area contributed by atoms with Gasteiger partial charge in [-0.3, -0.25) is 4.79 Å². The summed E-state index contributed by atoms with van der Waals surface area (Å²) >= 11 is 0. The Bertz CT molecular complexity index is 824. The van der Waals surface area contributed by atoms with Crippen molar-refractivity contribution in [2.45, 2.75) is 39.4 Å². The van der Waals surface area contributed by atoms with Gasteiger partial charge >= 0.3 is 12.1 Å². The number of carbonyl (C=O) groups excluding carboxylic acids is 1. The van der Waals surface area contributed by atoms with Crippen molar-refractivity contribution in [3.63, 3.8) is 0 Å². The van der Waals surface area contributed by atoms with Gasteiger partial charge in [-0.2, -0.15) is 13.2 Å². The molecule has 0 N–H and O–H groups in total. The average Bonchev–Trinajstić information content (AvgIpc) is 2.53. The van der Waals surface area contributed by atoms with E-state index in [2.05, 4.69) is 0 Å². The number of alkyl halides is 3. The smallest absolute Gasteiger partial charge is 0.416 e. The predicted molar refractivity (Wildman–Crippen MR) is 84.2 cm³/mol. The first-order valence-corrected chi connectivity index (χ1v) is 7.63. The van der Waals surface area contributed by atoms with E-state index in [-0.39, 0.29) is 23.6 Å². The second kappa shape index (κ2) is 6.67. The topological polar surface area (TPSA) is 48.3 Å². The van der Waals surface area contributed by atoms with E-state index in [4.69, 9.17) is 4.74 Å². The zero-order valence-electron chi connectivity index (χ0n) is 13.6. The Morgan fingerprint density at radius 3 is 2.50 bits per heavy atom. The summed E-state index contributed by atoms with van der Waals surface area (Å²) in [6.07, 6.45) is -2.52. The van der Waals surface area contributed by atoms with Crippen LogP contribution in [-0.2, 0) is 10.9 Å². The van der Waals surface area contributed by atoms with E-state index in [1.807, 2.05) is 13.8 Å². The Balaban J connectivity index is 2.83. The second-order valence-electron chi connectivity index (χ2n) is 5.49. The number of esters is 1. The van der Waals surface area contributed by atoms with E-state index in [9.17, 15) is 22.8 Å². The lowest BCUT2D eigenvalue weighted by atomic mass is 10.1. The number of ether oxygens (including phenoxy) is 1. The van der Waals surface area contributed by atoms with Crippen LogP contribution >= 0.6 is 0 Å². The number of aromatic nitrogens is 1. The molecule has 0 fully saturated rings. The summed E-state index contributed by atoms with van der Waals surface area (Å²) in [5, 5.41) is -0.143. The van der Waals surface area contributed by atoms with Crippen LogP contribution in [0.3, 0.4) is 0 Å². The monoisotopic (exact) mass is 341 g/mol. The summed E-state index contributed by atoms with van der Waals surface area (Å²) in [6, 6.07) is 2.89. The summed E-state index contributed by atoms with van der Waals surface area (Å²) in [5.41, 5.74) is -1.59. The lowest BCUT2D eigenvalue weighted by Gasteiger charge is -2.19. The van der Waals surface area contributed by atoms with Gasteiger partial charge in [0.05, 0.1) is 17.7 Å². The number of benzene rings is 1. The van der Waals surface area contributed by atoms with Crippen LogP contribution in [0.4, 0.5) is 13.2 Å². The number of rotatable bonds is 4. The number of halogens is 3. The number of fused-ring (bicyclic) bond motifs is 1. The molecule has 0 saturated heterocycles. The van der Waals surface area contributed by atoms with E-state index in [1.165, 1.54) is 12.3 Å². The van der Waals surface area contributed by atoms with E-state index >= 15 is 0 Å². The summed E-state index contributed by atoms with van der Waals surface area (Å²) in [4.78, 5) is 24.5. The molecule has 2 rings (SSSR count). The molecule has 0 spiro atoms. The van der Waals surface area contributed by atoms with Crippen LogP contribution in [0.5, 0.6) is 0 Å². The van der Waals surface area contributed by atoms with Crippen molar-refractivity contribution >= 4 is 16.9 Å². The zero-order chi connectivity index (χ0) is 18.1. The average molecular weight is 341 g/mol. The normalized spacial score (nSPS) is 13.1. The highest BCUT2D eigenvalue weighted by Crippen LogP contribution is 2.31. The number of nitrogens with zero attached hydrogens (tertiary/aromatic N) is 1. The van der Waals surface area contributed by atoms with E-state index in [1.54, 1.807) is 11.5 Å².